The number of ketones is 1. The molecule has 0 aliphatic carbocycles. The molecule has 1 N–H and O–H groups in total. The van der Waals surface area contributed by atoms with Crippen LogP contribution in [0, 0.1) is 5.92 Å². The summed E-state index contributed by atoms with van der Waals surface area (Å²) in [6, 6.07) is 7.56. The van der Waals surface area contributed by atoms with Gasteiger partial charge in [0.1, 0.15) is 11.4 Å². The number of nitrogens with one attached hydrogen (secondary N) is 1. The van der Waals surface area contributed by atoms with Crippen molar-refractivity contribution in [2.24, 2.45) is 5.92 Å². The quantitative estimate of drug-likeness (QED) is 0.804. The predicted molar refractivity (Wildman–Crippen MR) is 95.1 cm³/mol. The van der Waals surface area contributed by atoms with E-state index in [2.05, 4.69) is 5.32 Å². The number of carbonyl (C=O) groups is 2. The van der Waals surface area contributed by atoms with Crippen molar-refractivity contribution < 1.29 is 19.1 Å². The molecule has 0 radical (unpaired) electrons. The van der Waals surface area contributed by atoms with Crippen molar-refractivity contribution in [3.63, 3.8) is 0 Å². The number of carbonyl (C=O) groups excluding carboxylic acids is 2. The highest BCUT2D eigenvalue weighted by Crippen LogP contribution is 2.26. The van der Waals surface area contributed by atoms with Crippen LogP contribution in [0.3, 0.4) is 0 Å². The van der Waals surface area contributed by atoms with Gasteiger partial charge in [-0.2, -0.15) is 0 Å². The molecule has 0 unspecified atom stereocenters. The lowest BCUT2D eigenvalue weighted by Crippen LogP contribution is -2.35. The molecule has 1 aromatic carbocycles. The standard InChI is InChI=1S/C19H27NO4/c1-13(2)17(14-8-7-9-16(10-14)23-6)11-15(21)12-20-18(22)24-19(3,4)5/h7-11,13H,12H2,1-6H3,(H,20,22)/b17-11+. The van der Waals surface area contributed by atoms with Crippen molar-refractivity contribution in [2.45, 2.75) is 40.2 Å². The minimum atomic E-state index is -0.600. The van der Waals surface area contributed by atoms with Gasteiger partial charge >= 0.3 is 6.09 Å². The van der Waals surface area contributed by atoms with Crippen molar-refractivity contribution in [3.05, 3.63) is 35.9 Å². The average Bonchev–Trinajstić information content (AvgIpc) is 2.48. The van der Waals surface area contributed by atoms with E-state index in [0.717, 1.165) is 16.9 Å². The first-order valence-electron chi connectivity index (χ1n) is 7.98. The van der Waals surface area contributed by atoms with Gasteiger partial charge < -0.3 is 14.8 Å². The molecule has 24 heavy (non-hydrogen) atoms. The van der Waals surface area contributed by atoms with Crippen molar-refractivity contribution >= 4 is 17.4 Å². The summed E-state index contributed by atoms with van der Waals surface area (Å²) in [5.74, 6) is 0.702. The molecule has 0 saturated heterocycles. The summed E-state index contributed by atoms with van der Waals surface area (Å²) < 4.78 is 10.3. The van der Waals surface area contributed by atoms with Crippen LogP contribution >= 0.6 is 0 Å². The molecule has 0 saturated carbocycles. The maximum Gasteiger partial charge on any atom is 0.408 e. The number of amides is 1. The number of allylic oxidation sites excluding steroid dienone is 1. The number of hydrogen-bond acceptors (Lipinski definition) is 4. The van der Waals surface area contributed by atoms with E-state index in [4.69, 9.17) is 9.47 Å². The van der Waals surface area contributed by atoms with Crippen molar-refractivity contribution in [1.29, 1.82) is 0 Å². The van der Waals surface area contributed by atoms with Crippen LogP contribution in [-0.4, -0.2) is 31.1 Å². The monoisotopic (exact) mass is 333 g/mol. The number of rotatable bonds is 6. The highest BCUT2D eigenvalue weighted by molar-refractivity contribution is 5.99. The van der Waals surface area contributed by atoms with E-state index < -0.39 is 11.7 Å². The molecule has 0 aliphatic heterocycles. The van der Waals surface area contributed by atoms with Crippen LogP contribution < -0.4 is 10.1 Å². The van der Waals surface area contributed by atoms with Crippen LogP contribution in [0.4, 0.5) is 4.79 Å². The Morgan fingerprint density at radius 1 is 1.25 bits per heavy atom. The van der Waals surface area contributed by atoms with E-state index >= 15 is 0 Å². The summed E-state index contributed by atoms with van der Waals surface area (Å²) in [6.45, 7) is 9.24. The van der Waals surface area contributed by atoms with Gasteiger partial charge in [-0.15, -0.1) is 0 Å². The van der Waals surface area contributed by atoms with Crippen molar-refractivity contribution in [1.82, 2.24) is 5.32 Å². The molecule has 0 bridgehead atoms. The summed E-state index contributed by atoms with van der Waals surface area (Å²) in [7, 11) is 1.60. The lowest BCUT2D eigenvalue weighted by Gasteiger charge is -2.19. The maximum absolute atomic E-state index is 12.2. The van der Waals surface area contributed by atoms with Crippen LogP contribution in [0.25, 0.3) is 5.57 Å². The maximum atomic E-state index is 12.2. The normalized spacial score (nSPS) is 12.0. The third-order valence-corrected chi connectivity index (χ3v) is 3.15. The zero-order chi connectivity index (χ0) is 18.3. The Balaban J connectivity index is 2.81. The van der Waals surface area contributed by atoms with E-state index in [0.29, 0.717) is 0 Å². The highest BCUT2D eigenvalue weighted by atomic mass is 16.6. The van der Waals surface area contributed by atoms with Gasteiger partial charge in [0.25, 0.3) is 0 Å². The van der Waals surface area contributed by atoms with Crippen LogP contribution in [0.2, 0.25) is 0 Å². The van der Waals surface area contributed by atoms with E-state index in [-0.39, 0.29) is 18.2 Å². The highest BCUT2D eigenvalue weighted by Gasteiger charge is 2.17. The molecule has 0 aromatic heterocycles. The Kier molecular flexibility index (Phi) is 7.01. The first kappa shape index (κ1) is 19.7. The van der Waals surface area contributed by atoms with Gasteiger partial charge in [-0.05, 0) is 56.0 Å². The lowest BCUT2D eigenvalue weighted by atomic mass is 9.94. The second-order valence-electron chi connectivity index (χ2n) is 6.81. The third-order valence-electron chi connectivity index (χ3n) is 3.15. The largest absolute Gasteiger partial charge is 0.497 e. The Labute approximate surface area is 144 Å². The number of ether oxygens (including phenoxy) is 2. The van der Waals surface area contributed by atoms with Crippen LogP contribution in [0.1, 0.15) is 40.2 Å². The van der Waals surface area contributed by atoms with Crippen LogP contribution in [0.5, 0.6) is 5.75 Å². The van der Waals surface area contributed by atoms with E-state index in [1.54, 1.807) is 34.0 Å². The lowest BCUT2D eigenvalue weighted by molar-refractivity contribution is -0.113. The zero-order valence-electron chi connectivity index (χ0n) is 15.3. The van der Waals surface area contributed by atoms with Crippen molar-refractivity contribution in [2.75, 3.05) is 13.7 Å². The molecule has 0 atom stereocenters. The number of methoxy groups -OCH3 is 1. The smallest absolute Gasteiger partial charge is 0.408 e. The summed E-state index contributed by atoms with van der Waals surface area (Å²) in [4.78, 5) is 23.8. The Hall–Kier alpha value is -2.30. The van der Waals surface area contributed by atoms with Crippen molar-refractivity contribution in [3.8, 4) is 5.75 Å². The van der Waals surface area contributed by atoms with E-state index in [1.807, 2.05) is 38.1 Å². The third kappa shape index (κ3) is 6.86. The van der Waals surface area contributed by atoms with Crippen LogP contribution in [0.15, 0.2) is 30.3 Å². The summed E-state index contributed by atoms with van der Waals surface area (Å²) in [5.41, 5.74) is 1.23. The molecule has 5 nitrogen and oxygen atoms in total. The van der Waals surface area contributed by atoms with Gasteiger partial charge in [0.05, 0.1) is 13.7 Å². The van der Waals surface area contributed by atoms with Gasteiger partial charge in [0.2, 0.25) is 0 Å². The molecule has 1 amide bonds. The topological polar surface area (TPSA) is 64.6 Å². The second-order valence-corrected chi connectivity index (χ2v) is 6.81. The molecule has 0 heterocycles. The molecular weight excluding hydrogens is 306 g/mol. The molecule has 1 aromatic rings. The number of benzene rings is 1. The number of hydrogen-bond donors (Lipinski definition) is 1. The Bertz CT molecular complexity index is 612. The van der Waals surface area contributed by atoms with E-state index in [9.17, 15) is 9.59 Å². The second kappa shape index (κ2) is 8.52. The van der Waals surface area contributed by atoms with Crippen LogP contribution in [-0.2, 0) is 9.53 Å². The van der Waals surface area contributed by atoms with Gasteiger partial charge in [-0.25, -0.2) is 4.79 Å². The Morgan fingerprint density at radius 3 is 2.46 bits per heavy atom. The van der Waals surface area contributed by atoms with E-state index in [1.165, 1.54) is 0 Å². The SMILES string of the molecule is COc1cccc(/C(=C/C(=O)CNC(=O)OC(C)(C)C)C(C)C)c1. The van der Waals surface area contributed by atoms with Gasteiger partial charge in [-0.1, -0.05) is 26.0 Å². The summed E-state index contributed by atoms with van der Waals surface area (Å²) in [5, 5.41) is 2.48. The molecular formula is C19H27NO4. The predicted octanol–water partition coefficient (Wildman–Crippen LogP) is 3.83. The summed E-state index contributed by atoms with van der Waals surface area (Å²) in [6.07, 6.45) is 0.966. The fourth-order valence-electron chi connectivity index (χ4n) is 2.08. The first-order valence-corrected chi connectivity index (χ1v) is 7.98. The Morgan fingerprint density at radius 2 is 1.92 bits per heavy atom. The average molecular weight is 333 g/mol. The van der Waals surface area contributed by atoms with Gasteiger partial charge in [0.15, 0.2) is 5.78 Å². The molecule has 0 spiro atoms. The number of alkyl carbamates (subject to hydrolysis) is 1. The first-order chi connectivity index (χ1) is 11.1. The zero-order valence-corrected chi connectivity index (χ0v) is 15.3. The van der Waals surface area contributed by atoms with Gasteiger partial charge in [0, 0.05) is 0 Å². The minimum absolute atomic E-state index is 0.102. The molecule has 5 heteroatoms. The molecule has 0 fully saturated rings. The molecule has 132 valence electrons. The fourth-order valence-corrected chi connectivity index (χ4v) is 2.08. The molecule has 1 rings (SSSR count). The fraction of sp³-hybridized carbons (Fsp3) is 0.474. The minimum Gasteiger partial charge on any atom is -0.497 e. The summed E-state index contributed by atoms with van der Waals surface area (Å²) >= 11 is 0. The van der Waals surface area contributed by atoms with Gasteiger partial charge in [-0.3, -0.25) is 4.79 Å². The molecule has 0 aliphatic rings.